The maximum Gasteiger partial charge on any atom is 0.289 e. The van der Waals surface area contributed by atoms with Gasteiger partial charge in [0.2, 0.25) is 0 Å². The molecule has 7 heteroatoms. The Hall–Kier alpha value is -2.44. The Labute approximate surface area is 92.0 Å². The van der Waals surface area contributed by atoms with Crippen molar-refractivity contribution in [2.24, 2.45) is 15.9 Å². The Morgan fingerprint density at radius 2 is 2.12 bits per heavy atom. The van der Waals surface area contributed by atoms with E-state index in [1.165, 1.54) is 0 Å². The molecule has 2 N–H and O–H groups in total. The summed E-state index contributed by atoms with van der Waals surface area (Å²) in [7, 11) is 0. The van der Waals surface area contributed by atoms with Crippen LogP contribution in [0.3, 0.4) is 0 Å². The van der Waals surface area contributed by atoms with Crippen LogP contribution in [0.5, 0.6) is 0 Å². The average molecular weight is 221 g/mol. The van der Waals surface area contributed by atoms with Gasteiger partial charge in [-0.25, -0.2) is 15.1 Å². The van der Waals surface area contributed by atoms with Gasteiger partial charge in [-0.05, 0) is 5.56 Å². The van der Waals surface area contributed by atoms with E-state index >= 15 is 0 Å². The summed E-state index contributed by atoms with van der Waals surface area (Å²) in [6.07, 6.45) is 0. The van der Waals surface area contributed by atoms with Crippen molar-refractivity contribution in [2.45, 2.75) is 6.54 Å². The van der Waals surface area contributed by atoms with Crippen molar-refractivity contribution in [3.05, 3.63) is 46.0 Å². The van der Waals surface area contributed by atoms with Gasteiger partial charge in [0.05, 0.1) is 6.54 Å². The second-order valence-electron chi connectivity index (χ2n) is 2.88. The molecule has 84 valence electrons. The van der Waals surface area contributed by atoms with Gasteiger partial charge in [-0.3, -0.25) is 0 Å². The summed E-state index contributed by atoms with van der Waals surface area (Å²) in [5.74, 6) is -0.302. The Morgan fingerprint density at radius 1 is 1.50 bits per heavy atom. The van der Waals surface area contributed by atoms with Crippen molar-refractivity contribution >= 4 is 12.7 Å². The first kappa shape index (κ1) is 11.6. The molecule has 1 rings (SSSR count). The Kier molecular flexibility index (Phi) is 3.96. The molecule has 1 aromatic carbocycles. The molecule has 16 heavy (non-hydrogen) atoms. The lowest BCUT2D eigenvalue weighted by Crippen LogP contribution is -2.33. The van der Waals surface area contributed by atoms with Gasteiger partial charge >= 0.3 is 0 Å². The minimum atomic E-state index is -0.876. The number of benzene rings is 1. The van der Waals surface area contributed by atoms with E-state index in [-0.39, 0.29) is 12.5 Å². The predicted molar refractivity (Wildman–Crippen MR) is 60.2 cm³/mol. The molecule has 0 aliphatic rings. The van der Waals surface area contributed by atoms with Crippen molar-refractivity contribution in [1.82, 2.24) is 5.01 Å². The molecule has 0 unspecified atom stereocenters. The van der Waals surface area contributed by atoms with Gasteiger partial charge in [-0.2, -0.15) is 5.10 Å². The largest absolute Gasteiger partial charge is 0.363 e. The quantitative estimate of drug-likeness (QED) is 0.348. The zero-order chi connectivity index (χ0) is 12.0. The van der Waals surface area contributed by atoms with Crippen molar-refractivity contribution in [2.75, 3.05) is 0 Å². The van der Waals surface area contributed by atoms with Gasteiger partial charge in [-0.15, -0.1) is 0 Å². The molecule has 0 aliphatic carbocycles. The highest BCUT2D eigenvalue weighted by Gasteiger charge is 2.10. The smallest absolute Gasteiger partial charge is 0.289 e. The zero-order valence-electron chi connectivity index (χ0n) is 8.48. The molecule has 0 bridgehead atoms. The van der Waals surface area contributed by atoms with E-state index < -0.39 is 5.03 Å². The van der Waals surface area contributed by atoms with Crippen LogP contribution in [0, 0.1) is 10.1 Å². The summed E-state index contributed by atoms with van der Waals surface area (Å²) in [5.41, 5.74) is 6.28. The normalized spacial score (nSPS) is 10.9. The van der Waals surface area contributed by atoms with Crippen molar-refractivity contribution in [3.63, 3.8) is 0 Å². The highest BCUT2D eigenvalue weighted by atomic mass is 16.7. The van der Waals surface area contributed by atoms with Crippen LogP contribution >= 0.6 is 0 Å². The van der Waals surface area contributed by atoms with E-state index in [0.717, 1.165) is 10.6 Å². The molecule has 0 aliphatic heterocycles. The van der Waals surface area contributed by atoms with Crippen LogP contribution in [0.25, 0.3) is 0 Å². The Balaban J connectivity index is 2.77. The topological polar surface area (TPSA) is 97.1 Å². The van der Waals surface area contributed by atoms with Crippen LogP contribution in [0.15, 0.2) is 40.5 Å². The molecular weight excluding hydrogens is 210 g/mol. The fraction of sp³-hybridized carbons (Fsp3) is 0.111. The molecule has 0 atom stereocenters. The highest BCUT2D eigenvalue weighted by molar-refractivity contribution is 5.77. The monoisotopic (exact) mass is 221 g/mol. The Bertz CT molecular complexity index is 404. The molecule has 0 fully saturated rings. The second-order valence-corrected chi connectivity index (χ2v) is 2.88. The maximum absolute atomic E-state index is 10.1. The van der Waals surface area contributed by atoms with Crippen molar-refractivity contribution in [1.29, 1.82) is 0 Å². The zero-order valence-corrected chi connectivity index (χ0v) is 8.48. The molecule has 0 spiro atoms. The number of nitrogens with zero attached hydrogens (tertiary/aromatic N) is 4. The first-order valence-corrected chi connectivity index (χ1v) is 4.40. The summed E-state index contributed by atoms with van der Waals surface area (Å²) in [4.78, 5) is 10.1. The van der Waals surface area contributed by atoms with Gasteiger partial charge < -0.3 is 5.73 Å². The molecule has 0 saturated carbocycles. The van der Waals surface area contributed by atoms with E-state index in [1.54, 1.807) is 0 Å². The van der Waals surface area contributed by atoms with Crippen LogP contribution in [-0.4, -0.2) is 22.7 Å². The number of guanidine groups is 1. The van der Waals surface area contributed by atoms with Gasteiger partial charge in [0, 0.05) is 6.72 Å². The number of nitrogens with two attached hydrogens (primary N) is 1. The summed E-state index contributed by atoms with van der Waals surface area (Å²) >= 11 is 0. The average Bonchev–Trinajstić information content (AvgIpc) is 2.26. The fourth-order valence-corrected chi connectivity index (χ4v) is 1.10. The lowest BCUT2D eigenvalue weighted by Gasteiger charge is -2.14. The maximum atomic E-state index is 10.1. The number of hydrogen-bond donors (Lipinski definition) is 1. The number of hydrogen-bond acceptors (Lipinski definition) is 3. The molecule has 0 heterocycles. The number of rotatable bonds is 4. The van der Waals surface area contributed by atoms with Crippen LogP contribution < -0.4 is 5.73 Å². The van der Waals surface area contributed by atoms with Gasteiger partial charge in [-0.1, -0.05) is 30.3 Å². The number of hydrazone groups is 2. The van der Waals surface area contributed by atoms with Crippen molar-refractivity contribution < 1.29 is 5.03 Å². The molecular formula is C9H11N5O2. The molecule has 7 nitrogen and oxygen atoms in total. The predicted octanol–water partition coefficient (Wildman–Crippen LogP) is 0.611. The molecule has 0 radical (unpaired) electrons. The molecule has 1 aromatic rings. The van der Waals surface area contributed by atoms with Crippen molar-refractivity contribution in [3.8, 4) is 0 Å². The Morgan fingerprint density at radius 3 is 2.62 bits per heavy atom. The lowest BCUT2D eigenvalue weighted by molar-refractivity contribution is -0.485. The lowest BCUT2D eigenvalue weighted by atomic mass is 10.2. The van der Waals surface area contributed by atoms with Gasteiger partial charge in [0.25, 0.3) is 5.96 Å². The van der Waals surface area contributed by atoms with Gasteiger partial charge in [0.1, 0.15) is 5.10 Å². The van der Waals surface area contributed by atoms with Crippen LogP contribution in [0.4, 0.5) is 0 Å². The molecule has 0 aromatic heterocycles. The van der Waals surface area contributed by atoms with E-state index in [9.17, 15) is 10.1 Å². The fourth-order valence-electron chi connectivity index (χ4n) is 1.10. The van der Waals surface area contributed by atoms with E-state index in [4.69, 9.17) is 5.73 Å². The SMILES string of the molecule is C=NN(Cc1ccccc1)/C(N)=N\[N+](=O)[O-]. The summed E-state index contributed by atoms with van der Waals surface area (Å²) < 4.78 is 0. The van der Waals surface area contributed by atoms with E-state index in [1.807, 2.05) is 30.3 Å². The summed E-state index contributed by atoms with van der Waals surface area (Å²) in [6, 6.07) is 9.24. The first-order valence-electron chi connectivity index (χ1n) is 4.40. The minimum absolute atomic E-state index is 0.285. The third-order valence-electron chi connectivity index (χ3n) is 1.79. The minimum Gasteiger partial charge on any atom is -0.363 e. The first-order chi connectivity index (χ1) is 7.63. The van der Waals surface area contributed by atoms with Crippen LogP contribution in [0.1, 0.15) is 5.56 Å². The number of nitro groups is 1. The van der Waals surface area contributed by atoms with Crippen LogP contribution in [-0.2, 0) is 6.54 Å². The molecule has 0 amide bonds. The van der Waals surface area contributed by atoms with Crippen LogP contribution in [0.2, 0.25) is 0 Å². The van der Waals surface area contributed by atoms with E-state index in [2.05, 4.69) is 16.9 Å². The highest BCUT2D eigenvalue weighted by Crippen LogP contribution is 2.04. The second kappa shape index (κ2) is 5.44. The third kappa shape index (κ3) is 3.37. The van der Waals surface area contributed by atoms with E-state index in [0.29, 0.717) is 0 Å². The molecule has 0 saturated heterocycles. The standard InChI is InChI=1S/C9H11N5O2/c1-11-13(9(10)12-14(15)16)7-8-5-3-2-4-6-8/h2-6H,1,7H2,(H2,10,12). The summed E-state index contributed by atoms with van der Waals surface area (Å²) in [5, 5.41) is 16.9. The summed E-state index contributed by atoms with van der Waals surface area (Å²) in [6.45, 7) is 3.56. The van der Waals surface area contributed by atoms with Gasteiger partial charge in [0.15, 0.2) is 5.03 Å². The third-order valence-corrected chi connectivity index (χ3v) is 1.79.